The summed E-state index contributed by atoms with van der Waals surface area (Å²) in [6, 6.07) is 0.561. The van der Waals surface area contributed by atoms with Gasteiger partial charge < -0.3 is 14.7 Å². The summed E-state index contributed by atoms with van der Waals surface area (Å²) in [5, 5.41) is 9.37. The molecule has 298 valence electrons. The third kappa shape index (κ3) is 6.45. The summed E-state index contributed by atoms with van der Waals surface area (Å²) in [7, 11) is 0. The molecule has 5 saturated carbocycles. The molecule has 0 unspecified atom stereocenters. The first-order chi connectivity index (χ1) is 24.8. The molecule has 7 fully saturated rings. The Morgan fingerprint density at radius 1 is 0.811 bits per heavy atom. The van der Waals surface area contributed by atoms with Crippen LogP contribution in [0.2, 0.25) is 0 Å². The lowest BCUT2D eigenvalue weighted by Crippen LogP contribution is -2.67. The highest BCUT2D eigenvalue weighted by Gasteiger charge is 2.71. The van der Waals surface area contributed by atoms with Gasteiger partial charge in [0.25, 0.3) is 0 Å². The zero-order valence-corrected chi connectivity index (χ0v) is 34.9. The van der Waals surface area contributed by atoms with E-state index in [0.717, 1.165) is 45.2 Å². The lowest BCUT2D eigenvalue weighted by Gasteiger charge is -2.73. The van der Waals surface area contributed by atoms with Crippen molar-refractivity contribution in [2.75, 3.05) is 26.2 Å². The number of carboxylic acid groups (broad SMARTS) is 1. The SMILES string of the molecule is C=C(C)[C@@H]1CC[C@]2(CC(=O)N3CC[C@@H](N4CCCC4)C3)CC[C@]3(C)[C@H](CC[C@@H]4[C@@]5(C)CC[C@H](OC(=O)CC(C)(C)CC(=O)O)C(C)(C)[C@@H]5CC[C@]43C)[C@@H]12. The molecular weight excluding hydrogens is 661 g/mol. The molecular formula is C46H74N2O5. The number of carbonyl (C=O) groups excluding carboxylic acids is 2. The van der Waals surface area contributed by atoms with Gasteiger partial charge in [0.05, 0.1) is 12.8 Å². The van der Waals surface area contributed by atoms with Crippen LogP contribution in [-0.4, -0.2) is 71.1 Å². The number of nitrogens with zero attached hydrogens (tertiary/aromatic N) is 2. The van der Waals surface area contributed by atoms with Crippen molar-refractivity contribution in [3.05, 3.63) is 12.2 Å². The van der Waals surface area contributed by atoms with E-state index in [-0.39, 0.29) is 52.0 Å². The van der Waals surface area contributed by atoms with Gasteiger partial charge in [-0.15, -0.1) is 0 Å². The molecule has 0 radical (unpaired) electrons. The smallest absolute Gasteiger partial charge is 0.306 e. The van der Waals surface area contributed by atoms with E-state index in [2.05, 4.69) is 57.9 Å². The monoisotopic (exact) mass is 735 g/mol. The average molecular weight is 735 g/mol. The highest BCUT2D eigenvalue weighted by Crippen LogP contribution is 2.78. The molecule has 5 aliphatic carbocycles. The molecule has 1 N–H and O–H groups in total. The molecule has 7 rings (SSSR count). The Kier molecular flexibility index (Phi) is 10.1. The van der Waals surface area contributed by atoms with Gasteiger partial charge in [-0.25, -0.2) is 0 Å². The predicted molar refractivity (Wildman–Crippen MR) is 210 cm³/mol. The molecule has 0 aromatic heterocycles. The van der Waals surface area contributed by atoms with Crippen LogP contribution in [0, 0.1) is 62.1 Å². The Balaban J connectivity index is 1.09. The summed E-state index contributed by atoms with van der Waals surface area (Å²) >= 11 is 0. The zero-order chi connectivity index (χ0) is 38.4. The van der Waals surface area contributed by atoms with Gasteiger partial charge in [-0.05, 0) is 160 Å². The van der Waals surface area contributed by atoms with Crippen molar-refractivity contribution in [1.29, 1.82) is 0 Å². The number of carboxylic acids is 1. The largest absolute Gasteiger partial charge is 0.481 e. The van der Waals surface area contributed by atoms with E-state index in [1.165, 1.54) is 76.5 Å². The predicted octanol–water partition coefficient (Wildman–Crippen LogP) is 9.53. The van der Waals surface area contributed by atoms with Crippen LogP contribution in [0.15, 0.2) is 12.2 Å². The maximum absolute atomic E-state index is 14.3. The van der Waals surface area contributed by atoms with Gasteiger partial charge in [-0.2, -0.15) is 0 Å². The number of ether oxygens (including phenoxy) is 1. The standard InChI is InChI=1S/C46H74N2O5/c1-30(2)32-14-20-46(26-37(49)48-25-17-31(29-48)47-23-10-11-24-47)22-21-44(8)33(40(32)46)12-13-35-43(7)18-16-36(42(5,6)34(43)15-19-45(35,44)9)53-39(52)28-41(3,4)27-38(50)51/h31-36,40H,1,10-29H2,2-9H3,(H,50,51)/t31-,32+,33-,34+,35-,36+,40-,43+,44-,45-,46-/m1/s1. The third-order valence-corrected chi connectivity index (χ3v) is 18.4. The van der Waals surface area contributed by atoms with E-state index in [9.17, 15) is 19.5 Å². The van der Waals surface area contributed by atoms with Gasteiger partial charge >= 0.3 is 11.9 Å². The van der Waals surface area contributed by atoms with Crippen LogP contribution < -0.4 is 0 Å². The maximum Gasteiger partial charge on any atom is 0.306 e. The van der Waals surface area contributed by atoms with Crippen molar-refractivity contribution >= 4 is 17.8 Å². The first kappa shape index (κ1) is 39.3. The molecule has 7 heteroatoms. The number of allylic oxidation sites excluding steroid dienone is 1. The molecule has 0 spiro atoms. The van der Waals surface area contributed by atoms with Crippen molar-refractivity contribution in [3.63, 3.8) is 0 Å². The molecule has 7 nitrogen and oxygen atoms in total. The van der Waals surface area contributed by atoms with E-state index in [0.29, 0.717) is 41.5 Å². The molecule has 0 aromatic carbocycles. The molecule has 2 aliphatic heterocycles. The van der Waals surface area contributed by atoms with Crippen LogP contribution in [0.4, 0.5) is 0 Å². The molecule has 0 aromatic rings. The first-order valence-corrected chi connectivity index (χ1v) is 21.8. The van der Waals surface area contributed by atoms with Crippen LogP contribution >= 0.6 is 0 Å². The second-order valence-electron chi connectivity index (χ2n) is 22.0. The minimum Gasteiger partial charge on any atom is -0.481 e. The second kappa shape index (κ2) is 13.6. The number of hydrogen-bond acceptors (Lipinski definition) is 5. The molecule has 53 heavy (non-hydrogen) atoms. The average Bonchev–Trinajstić information content (AvgIpc) is 3.82. The first-order valence-electron chi connectivity index (χ1n) is 21.8. The number of rotatable bonds is 9. The van der Waals surface area contributed by atoms with E-state index in [4.69, 9.17) is 4.74 Å². The number of carbonyl (C=O) groups is 3. The zero-order valence-electron chi connectivity index (χ0n) is 34.9. The lowest BCUT2D eigenvalue weighted by atomic mass is 9.32. The summed E-state index contributed by atoms with van der Waals surface area (Å²) in [5.74, 6) is 2.05. The Bertz CT molecular complexity index is 1460. The molecule has 7 aliphatic rings. The number of hydrogen-bond donors (Lipinski definition) is 1. The second-order valence-corrected chi connectivity index (χ2v) is 22.0. The number of likely N-dealkylation sites (tertiary alicyclic amines) is 2. The summed E-state index contributed by atoms with van der Waals surface area (Å²) in [6.07, 6.45) is 16.0. The third-order valence-electron chi connectivity index (χ3n) is 18.4. The topological polar surface area (TPSA) is 87.2 Å². The fraction of sp³-hybridized carbons (Fsp3) is 0.891. The van der Waals surface area contributed by atoms with E-state index < -0.39 is 11.4 Å². The number of esters is 1. The van der Waals surface area contributed by atoms with Crippen molar-refractivity contribution in [1.82, 2.24) is 9.80 Å². The van der Waals surface area contributed by atoms with E-state index in [1.807, 2.05) is 13.8 Å². The Hall–Kier alpha value is -1.89. The Morgan fingerprint density at radius 2 is 1.53 bits per heavy atom. The number of aliphatic carboxylic acids is 1. The normalized spacial score (nSPS) is 43.7. The highest BCUT2D eigenvalue weighted by atomic mass is 16.5. The number of amides is 1. The summed E-state index contributed by atoms with van der Waals surface area (Å²) in [5.41, 5.74) is 1.27. The minimum absolute atomic E-state index is 0.0417. The summed E-state index contributed by atoms with van der Waals surface area (Å²) in [4.78, 5) is 43.9. The van der Waals surface area contributed by atoms with Crippen molar-refractivity contribution < 1.29 is 24.2 Å². The van der Waals surface area contributed by atoms with Crippen molar-refractivity contribution in [2.45, 2.75) is 170 Å². The van der Waals surface area contributed by atoms with Gasteiger partial charge in [-0.3, -0.25) is 19.3 Å². The number of fused-ring (bicyclic) bond motifs is 7. The molecule has 0 bridgehead atoms. The lowest BCUT2D eigenvalue weighted by molar-refractivity contribution is -0.250. The van der Waals surface area contributed by atoms with Gasteiger partial charge in [0.15, 0.2) is 0 Å². The van der Waals surface area contributed by atoms with Gasteiger partial charge in [0, 0.05) is 31.0 Å². The van der Waals surface area contributed by atoms with Crippen LogP contribution in [0.3, 0.4) is 0 Å². The van der Waals surface area contributed by atoms with Crippen LogP contribution in [-0.2, 0) is 19.1 Å². The Morgan fingerprint density at radius 3 is 2.21 bits per heavy atom. The van der Waals surface area contributed by atoms with Gasteiger partial charge in [0.2, 0.25) is 5.91 Å². The van der Waals surface area contributed by atoms with E-state index >= 15 is 0 Å². The van der Waals surface area contributed by atoms with Crippen LogP contribution in [0.5, 0.6) is 0 Å². The molecule has 2 saturated heterocycles. The fourth-order valence-electron chi connectivity index (χ4n) is 15.6. The Labute approximate surface area is 321 Å². The quantitative estimate of drug-likeness (QED) is 0.188. The molecule has 11 atom stereocenters. The van der Waals surface area contributed by atoms with Crippen LogP contribution in [0.1, 0.15) is 158 Å². The van der Waals surface area contributed by atoms with Crippen LogP contribution in [0.25, 0.3) is 0 Å². The minimum atomic E-state index is -0.876. The molecule has 2 heterocycles. The summed E-state index contributed by atoms with van der Waals surface area (Å²) < 4.78 is 6.30. The van der Waals surface area contributed by atoms with Gasteiger partial charge in [0.1, 0.15) is 6.10 Å². The van der Waals surface area contributed by atoms with Crippen molar-refractivity contribution in [2.24, 2.45) is 62.1 Å². The molecule has 1 amide bonds. The fourth-order valence-corrected chi connectivity index (χ4v) is 15.6. The summed E-state index contributed by atoms with van der Waals surface area (Å²) in [6.45, 7) is 27.5. The van der Waals surface area contributed by atoms with Gasteiger partial charge in [-0.1, -0.05) is 60.6 Å². The van der Waals surface area contributed by atoms with Crippen molar-refractivity contribution in [3.8, 4) is 0 Å². The van der Waals surface area contributed by atoms with E-state index in [1.54, 1.807) is 0 Å². The maximum atomic E-state index is 14.3. The highest BCUT2D eigenvalue weighted by molar-refractivity contribution is 5.77.